The smallest absolute Gasteiger partial charge is 0.283 e. The Hall–Kier alpha value is -1.60. The molecular weight excluding hydrogens is 178 g/mol. The highest BCUT2D eigenvalue weighted by atomic mass is 35.5. The van der Waals surface area contributed by atoms with Crippen LogP contribution in [-0.4, -0.2) is 15.9 Å². The molecule has 0 fully saturated rings. The van der Waals surface area contributed by atoms with Gasteiger partial charge in [-0.25, -0.2) is 9.97 Å². The third kappa shape index (κ3) is 2.22. The number of amides is 1. The molecule has 12 heavy (non-hydrogen) atoms. The summed E-state index contributed by atoms with van der Waals surface area (Å²) in [4.78, 5) is 18.0. The first kappa shape index (κ1) is 8.50. The fourth-order valence-electron chi connectivity index (χ4n) is 0.535. The average Bonchev–Trinajstić information content (AvgIpc) is 2.04. The lowest BCUT2D eigenvalue weighted by Crippen LogP contribution is -2.10. The quantitative estimate of drug-likeness (QED) is 0.513. The molecule has 0 aliphatic rings. The van der Waals surface area contributed by atoms with E-state index in [4.69, 9.17) is 18.0 Å². The molecule has 1 N–H and O–H groups in total. The van der Waals surface area contributed by atoms with Crippen LogP contribution in [0.5, 0.6) is 0 Å². The predicted octanol–water partition coefficient (Wildman–Crippen LogP) is 0.702. The number of terminal acetylenes is 1. The zero-order valence-electron chi connectivity index (χ0n) is 5.91. The number of anilines is 1. The van der Waals surface area contributed by atoms with Crippen LogP contribution in [0.2, 0.25) is 5.15 Å². The van der Waals surface area contributed by atoms with Crippen molar-refractivity contribution in [1.29, 1.82) is 0 Å². The molecule has 0 aromatic carbocycles. The normalized spacial score (nSPS) is 8.67. The Bertz CT molecular complexity index is 345. The van der Waals surface area contributed by atoms with Crippen molar-refractivity contribution in [1.82, 2.24) is 9.97 Å². The first-order valence-electron chi connectivity index (χ1n) is 2.98. The van der Waals surface area contributed by atoms with Crippen LogP contribution < -0.4 is 5.32 Å². The van der Waals surface area contributed by atoms with Crippen LogP contribution in [0.3, 0.4) is 0 Å². The van der Waals surface area contributed by atoms with Gasteiger partial charge in [0.1, 0.15) is 5.15 Å². The Balaban J connectivity index is 2.78. The van der Waals surface area contributed by atoms with Gasteiger partial charge in [-0.1, -0.05) is 11.6 Å². The minimum atomic E-state index is -0.600. The van der Waals surface area contributed by atoms with Gasteiger partial charge >= 0.3 is 5.91 Å². The third-order valence-corrected chi connectivity index (χ3v) is 1.19. The molecule has 4 nitrogen and oxygen atoms in total. The molecular formula is C7H4ClN3O. The van der Waals surface area contributed by atoms with E-state index < -0.39 is 5.91 Å². The Kier molecular flexibility index (Phi) is 2.62. The first-order chi connectivity index (χ1) is 5.72. The standard InChI is InChI=1S/C7H4ClN3O/c1-2-6(12)11-7-9-4-3-5(8)10-7/h1,3-4H,(H,9,10,11,12). The molecule has 0 bridgehead atoms. The van der Waals surface area contributed by atoms with Crippen molar-refractivity contribution >= 4 is 23.5 Å². The van der Waals surface area contributed by atoms with E-state index in [-0.39, 0.29) is 11.1 Å². The molecule has 0 saturated heterocycles. The third-order valence-electron chi connectivity index (χ3n) is 0.978. The van der Waals surface area contributed by atoms with E-state index in [2.05, 4.69) is 15.3 Å². The van der Waals surface area contributed by atoms with Gasteiger partial charge in [0, 0.05) is 6.20 Å². The molecule has 0 spiro atoms. The zero-order chi connectivity index (χ0) is 8.97. The molecule has 0 unspecified atom stereocenters. The fourth-order valence-corrected chi connectivity index (χ4v) is 0.671. The van der Waals surface area contributed by atoms with Crippen LogP contribution in [-0.2, 0) is 4.79 Å². The van der Waals surface area contributed by atoms with Gasteiger partial charge in [0.25, 0.3) is 0 Å². The highest BCUT2D eigenvalue weighted by Gasteiger charge is 1.99. The summed E-state index contributed by atoms with van der Waals surface area (Å²) in [6.07, 6.45) is 6.23. The summed E-state index contributed by atoms with van der Waals surface area (Å²) >= 11 is 5.52. The van der Waals surface area contributed by atoms with Crippen LogP contribution in [0.25, 0.3) is 0 Å². The number of halogens is 1. The summed E-state index contributed by atoms with van der Waals surface area (Å²) in [6, 6.07) is 1.49. The molecule has 0 atom stereocenters. The fraction of sp³-hybridized carbons (Fsp3) is 0. The van der Waals surface area contributed by atoms with Crippen LogP contribution in [0.15, 0.2) is 12.3 Å². The minimum absolute atomic E-state index is 0.102. The molecule has 1 heterocycles. The van der Waals surface area contributed by atoms with E-state index >= 15 is 0 Å². The first-order valence-corrected chi connectivity index (χ1v) is 3.36. The Morgan fingerprint density at radius 1 is 1.75 bits per heavy atom. The Morgan fingerprint density at radius 2 is 2.50 bits per heavy atom. The number of aromatic nitrogens is 2. The van der Waals surface area contributed by atoms with Crippen molar-refractivity contribution < 1.29 is 4.79 Å². The predicted molar refractivity (Wildman–Crippen MR) is 44.5 cm³/mol. The maximum atomic E-state index is 10.6. The lowest BCUT2D eigenvalue weighted by atomic mass is 10.6. The average molecular weight is 182 g/mol. The van der Waals surface area contributed by atoms with Gasteiger partial charge in [-0.05, 0) is 12.0 Å². The van der Waals surface area contributed by atoms with Gasteiger partial charge in [0.05, 0.1) is 0 Å². The molecule has 60 valence electrons. The summed E-state index contributed by atoms with van der Waals surface area (Å²) < 4.78 is 0. The molecule has 5 heteroatoms. The number of hydrogen-bond acceptors (Lipinski definition) is 3. The number of nitrogens with one attached hydrogen (secondary N) is 1. The number of rotatable bonds is 1. The van der Waals surface area contributed by atoms with E-state index in [1.807, 2.05) is 5.92 Å². The van der Waals surface area contributed by atoms with Crippen LogP contribution >= 0.6 is 11.6 Å². The molecule has 0 radical (unpaired) electrons. The summed E-state index contributed by atoms with van der Waals surface area (Å²) in [6.45, 7) is 0. The Labute approximate surface area is 74.0 Å². The van der Waals surface area contributed by atoms with Gasteiger partial charge in [-0.2, -0.15) is 0 Å². The summed E-state index contributed by atoms with van der Waals surface area (Å²) in [7, 11) is 0. The van der Waals surface area contributed by atoms with Crippen LogP contribution in [0.4, 0.5) is 5.95 Å². The highest BCUT2D eigenvalue weighted by Crippen LogP contribution is 2.04. The molecule has 0 aliphatic heterocycles. The second-order valence-electron chi connectivity index (χ2n) is 1.80. The topological polar surface area (TPSA) is 54.9 Å². The van der Waals surface area contributed by atoms with Gasteiger partial charge < -0.3 is 0 Å². The van der Waals surface area contributed by atoms with Crippen LogP contribution in [0, 0.1) is 12.3 Å². The van der Waals surface area contributed by atoms with Crippen LogP contribution in [0.1, 0.15) is 0 Å². The van der Waals surface area contributed by atoms with E-state index in [1.54, 1.807) is 0 Å². The van der Waals surface area contributed by atoms with Gasteiger partial charge in [-0.3, -0.25) is 10.1 Å². The molecule has 0 aliphatic carbocycles. The summed E-state index contributed by atoms with van der Waals surface area (Å²) in [5.41, 5.74) is 0. The number of nitrogens with zero attached hydrogens (tertiary/aromatic N) is 2. The molecule has 1 aromatic rings. The molecule has 1 rings (SSSR count). The maximum absolute atomic E-state index is 10.6. The highest BCUT2D eigenvalue weighted by molar-refractivity contribution is 6.29. The molecule has 0 saturated carbocycles. The summed E-state index contributed by atoms with van der Waals surface area (Å²) in [5.74, 6) is 1.36. The lowest BCUT2D eigenvalue weighted by Gasteiger charge is -1.97. The monoisotopic (exact) mass is 181 g/mol. The van der Waals surface area contributed by atoms with Crippen molar-refractivity contribution in [2.75, 3.05) is 5.32 Å². The molecule has 1 aromatic heterocycles. The van der Waals surface area contributed by atoms with Gasteiger partial charge in [-0.15, -0.1) is 6.42 Å². The number of hydrogen-bond donors (Lipinski definition) is 1. The van der Waals surface area contributed by atoms with Crippen molar-refractivity contribution in [2.24, 2.45) is 0 Å². The molecule has 1 amide bonds. The second-order valence-corrected chi connectivity index (χ2v) is 2.19. The minimum Gasteiger partial charge on any atom is -0.283 e. The van der Waals surface area contributed by atoms with Gasteiger partial charge in [0.15, 0.2) is 0 Å². The number of carbonyl (C=O) groups excluding carboxylic acids is 1. The lowest BCUT2D eigenvalue weighted by molar-refractivity contribution is -0.111. The van der Waals surface area contributed by atoms with E-state index in [0.717, 1.165) is 0 Å². The van der Waals surface area contributed by atoms with Crippen molar-refractivity contribution in [3.05, 3.63) is 17.4 Å². The Morgan fingerprint density at radius 3 is 3.08 bits per heavy atom. The van der Waals surface area contributed by atoms with Crippen molar-refractivity contribution in [3.8, 4) is 12.3 Å². The summed E-state index contributed by atoms with van der Waals surface area (Å²) in [5, 5.41) is 2.50. The SMILES string of the molecule is C#CC(=O)Nc1nccc(Cl)n1. The van der Waals surface area contributed by atoms with Gasteiger partial charge in [0.2, 0.25) is 5.95 Å². The zero-order valence-corrected chi connectivity index (χ0v) is 6.67. The van der Waals surface area contributed by atoms with E-state index in [9.17, 15) is 4.79 Å². The number of carbonyl (C=O) groups is 1. The second kappa shape index (κ2) is 3.69. The largest absolute Gasteiger partial charge is 0.302 e. The maximum Gasteiger partial charge on any atom is 0.302 e. The van der Waals surface area contributed by atoms with E-state index in [1.165, 1.54) is 12.3 Å². The van der Waals surface area contributed by atoms with E-state index in [0.29, 0.717) is 0 Å². The van der Waals surface area contributed by atoms with Crippen molar-refractivity contribution in [2.45, 2.75) is 0 Å². The van der Waals surface area contributed by atoms with Crippen molar-refractivity contribution in [3.63, 3.8) is 0 Å².